The van der Waals surface area contributed by atoms with Gasteiger partial charge in [-0.05, 0) is 18.6 Å². The van der Waals surface area contributed by atoms with E-state index in [9.17, 15) is 4.79 Å². The molecule has 0 aliphatic carbocycles. The van der Waals surface area contributed by atoms with Crippen LogP contribution in [0.25, 0.3) is 0 Å². The Morgan fingerprint density at radius 3 is 3.00 bits per heavy atom. The fraction of sp³-hybridized carbons (Fsp3) is 0.400. The molecule has 0 fully saturated rings. The van der Waals surface area contributed by atoms with Crippen LogP contribution in [-0.2, 0) is 4.74 Å². The monoisotopic (exact) mass is 210 g/mol. The van der Waals surface area contributed by atoms with Crippen LogP contribution in [0, 0.1) is 0 Å². The average molecular weight is 210 g/mol. The molecule has 1 aromatic rings. The molecule has 0 bridgehead atoms. The van der Waals surface area contributed by atoms with Crippen molar-refractivity contribution in [1.82, 2.24) is 4.98 Å². The van der Waals surface area contributed by atoms with E-state index in [1.54, 1.807) is 18.2 Å². The molecule has 0 aliphatic heterocycles. The van der Waals surface area contributed by atoms with Crippen molar-refractivity contribution in [3.05, 3.63) is 29.6 Å². The zero-order valence-corrected chi connectivity index (χ0v) is 8.51. The number of methoxy groups -OCH3 is 1. The van der Waals surface area contributed by atoms with Gasteiger partial charge in [0.15, 0.2) is 0 Å². The molecule has 5 nitrogen and oxygen atoms in total. The van der Waals surface area contributed by atoms with Crippen molar-refractivity contribution in [2.45, 2.75) is 12.5 Å². The highest BCUT2D eigenvalue weighted by Gasteiger charge is 2.11. The van der Waals surface area contributed by atoms with Crippen LogP contribution in [0.5, 0.6) is 0 Å². The number of nitrogens with two attached hydrogens (primary N) is 1. The number of carbonyl (C=O) groups excluding carboxylic acids is 1. The first-order valence-electron chi connectivity index (χ1n) is 4.60. The highest BCUT2D eigenvalue weighted by molar-refractivity contribution is 5.87. The molecular weight excluding hydrogens is 196 g/mol. The predicted octanol–water partition coefficient (Wildman–Crippen LogP) is 0.250. The highest BCUT2D eigenvalue weighted by atomic mass is 16.5. The van der Waals surface area contributed by atoms with Gasteiger partial charge in [0.1, 0.15) is 5.69 Å². The van der Waals surface area contributed by atoms with Gasteiger partial charge < -0.3 is 15.6 Å². The number of ether oxygens (including phenoxy) is 1. The molecule has 3 N–H and O–H groups in total. The third kappa shape index (κ3) is 3.00. The average Bonchev–Trinajstić information content (AvgIpc) is 2.28. The van der Waals surface area contributed by atoms with Crippen LogP contribution in [0.2, 0.25) is 0 Å². The maximum absolute atomic E-state index is 11.2. The predicted molar refractivity (Wildman–Crippen MR) is 54.2 cm³/mol. The minimum atomic E-state index is -0.493. The minimum Gasteiger partial charge on any atom is -0.464 e. The van der Waals surface area contributed by atoms with Crippen LogP contribution in [0.4, 0.5) is 0 Å². The van der Waals surface area contributed by atoms with E-state index in [1.165, 1.54) is 7.11 Å². The number of aliphatic hydroxyl groups excluding tert-OH is 1. The lowest BCUT2D eigenvalue weighted by molar-refractivity contribution is 0.0593. The first-order valence-corrected chi connectivity index (χ1v) is 4.60. The number of hydrogen-bond acceptors (Lipinski definition) is 5. The third-order valence-corrected chi connectivity index (χ3v) is 1.99. The van der Waals surface area contributed by atoms with Crippen molar-refractivity contribution in [1.29, 1.82) is 0 Å². The summed E-state index contributed by atoms with van der Waals surface area (Å²) in [6, 6.07) is 4.60. The molecule has 0 radical (unpaired) electrons. The molecule has 0 aliphatic rings. The molecule has 0 saturated carbocycles. The van der Waals surface area contributed by atoms with Gasteiger partial charge in [-0.3, -0.25) is 0 Å². The van der Waals surface area contributed by atoms with Gasteiger partial charge >= 0.3 is 5.97 Å². The van der Waals surface area contributed by atoms with E-state index in [0.29, 0.717) is 12.1 Å². The molecule has 15 heavy (non-hydrogen) atoms. The standard InChI is InChI=1S/C10H14N2O3/c1-15-10(14)9-4-2-3-8(12-9)7(11)5-6-13/h2-4,7,13H,5-6,11H2,1H3. The molecule has 0 spiro atoms. The van der Waals surface area contributed by atoms with Crippen LogP contribution in [0.3, 0.4) is 0 Å². The lowest BCUT2D eigenvalue weighted by atomic mass is 10.1. The summed E-state index contributed by atoms with van der Waals surface area (Å²) in [7, 11) is 1.30. The molecule has 1 aromatic heterocycles. The molecule has 1 atom stereocenters. The molecule has 1 heterocycles. The smallest absolute Gasteiger partial charge is 0.356 e. The SMILES string of the molecule is COC(=O)c1cccc(C(N)CCO)n1. The number of nitrogens with zero attached hydrogens (tertiary/aromatic N) is 1. The quantitative estimate of drug-likeness (QED) is 0.696. The lowest BCUT2D eigenvalue weighted by Crippen LogP contribution is -2.15. The molecule has 0 amide bonds. The number of aliphatic hydroxyl groups is 1. The topological polar surface area (TPSA) is 85.4 Å². The van der Waals surface area contributed by atoms with Crippen molar-refractivity contribution in [2.24, 2.45) is 5.73 Å². The zero-order valence-electron chi connectivity index (χ0n) is 8.51. The van der Waals surface area contributed by atoms with E-state index in [4.69, 9.17) is 10.8 Å². The van der Waals surface area contributed by atoms with Crippen molar-refractivity contribution in [2.75, 3.05) is 13.7 Å². The summed E-state index contributed by atoms with van der Waals surface area (Å²) in [5.41, 5.74) is 6.54. The van der Waals surface area contributed by atoms with Crippen LogP contribution in [0.1, 0.15) is 28.6 Å². The second kappa shape index (κ2) is 5.43. The Hall–Kier alpha value is -1.46. The number of pyridine rings is 1. The molecule has 82 valence electrons. The third-order valence-electron chi connectivity index (χ3n) is 1.99. The number of aromatic nitrogens is 1. The summed E-state index contributed by atoms with van der Waals surface area (Å²) in [5, 5.41) is 8.72. The summed E-state index contributed by atoms with van der Waals surface area (Å²) in [6.07, 6.45) is 0.414. The summed E-state index contributed by atoms with van der Waals surface area (Å²) in [4.78, 5) is 15.2. The van der Waals surface area contributed by atoms with Gasteiger partial charge in [0, 0.05) is 12.6 Å². The second-order valence-electron chi connectivity index (χ2n) is 3.06. The molecular formula is C10H14N2O3. The second-order valence-corrected chi connectivity index (χ2v) is 3.06. The van der Waals surface area contributed by atoms with E-state index in [1.807, 2.05) is 0 Å². The van der Waals surface area contributed by atoms with Crippen molar-refractivity contribution in [3.8, 4) is 0 Å². The Labute approximate surface area is 87.9 Å². The summed E-state index contributed by atoms with van der Waals surface area (Å²) in [6.45, 7) is -0.00863. The Morgan fingerprint density at radius 2 is 2.40 bits per heavy atom. The molecule has 5 heteroatoms. The molecule has 1 unspecified atom stereocenters. The largest absolute Gasteiger partial charge is 0.464 e. The first kappa shape index (κ1) is 11.6. The molecule has 1 rings (SSSR count). The number of carbonyl (C=O) groups is 1. The molecule has 0 aromatic carbocycles. The van der Waals surface area contributed by atoms with Crippen LogP contribution in [0.15, 0.2) is 18.2 Å². The maximum Gasteiger partial charge on any atom is 0.356 e. The number of esters is 1. The van der Waals surface area contributed by atoms with Crippen LogP contribution >= 0.6 is 0 Å². The Balaban J connectivity index is 2.87. The van der Waals surface area contributed by atoms with Gasteiger partial charge in [-0.25, -0.2) is 9.78 Å². The maximum atomic E-state index is 11.2. The summed E-state index contributed by atoms with van der Waals surface area (Å²) < 4.78 is 4.54. The summed E-state index contributed by atoms with van der Waals surface area (Å²) in [5.74, 6) is -0.493. The number of rotatable bonds is 4. The van der Waals surface area contributed by atoms with Crippen molar-refractivity contribution >= 4 is 5.97 Å². The molecule has 0 saturated heterocycles. The van der Waals surface area contributed by atoms with E-state index in [-0.39, 0.29) is 18.3 Å². The van der Waals surface area contributed by atoms with Gasteiger partial charge in [0.05, 0.1) is 12.8 Å². The Kier molecular flexibility index (Phi) is 4.20. The number of hydrogen-bond donors (Lipinski definition) is 2. The van der Waals surface area contributed by atoms with E-state index in [2.05, 4.69) is 9.72 Å². The van der Waals surface area contributed by atoms with E-state index in [0.717, 1.165) is 0 Å². The van der Waals surface area contributed by atoms with Gasteiger partial charge in [-0.2, -0.15) is 0 Å². The van der Waals surface area contributed by atoms with Crippen molar-refractivity contribution < 1.29 is 14.6 Å². The van der Waals surface area contributed by atoms with E-state index < -0.39 is 5.97 Å². The normalized spacial score (nSPS) is 12.2. The van der Waals surface area contributed by atoms with Gasteiger partial charge in [-0.15, -0.1) is 0 Å². The van der Waals surface area contributed by atoms with Gasteiger partial charge in [0.2, 0.25) is 0 Å². The van der Waals surface area contributed by atoms with Gasteiger partial charge in [-0.1, -0.05) is 6.07 Å². The Morgan fingerprint density at radius 1 is 1.67 bits per heavy atom. The summed E-state index contributed by atoms with van der Waals surface area (Å²) >= 11 is 0. The Bertz CT molecular complexity index is 341. The van der Waals surface area contributed by atoms with E-state index >= 15 is 0 Å². The minimum absolute atomic E-state index is 0.00863. The fourth-order valence-electron chi connectivity index (χ4n) is 1.16. The van der Waals surface area contributed by atoms with Crippen LogP contribution in [-0.4, -0.2) is 29.8 Å². The van der Waals surface area contributed by atoms with Crippen LogP contribution < -0.4 is 5.73 Å². The highest BCUT2D eigenvalue weighted by Crippen LogP contribution is 2.11. The zero-order chi connectivity index (χ0) is 11.3. The van der Waals surface area contributed by atoms with Crippen molar-refractivity contribution in [3.63, 3.8) is 0 Å². The first-order chi connectivity index (χ1) is 7.19. The lowest BCUT2D eigenvalue weighted by Gasteiger charge is -2.09. The van der Waals surface area contributed by atoms with Gasteiger partial charge in [0.25, 0.3) is 0 Å². The fourth-order valence-corrected chi connectivity index (χ4v) is 1.16.